The molecule has 1 aromatic rings. The molecule has 2 heterocycles. The summed E-state index contributed by atoms with van der Waals surface area (Å²) in [5, 5.41) is 4.41. The van der Waals surface area contributed by atoms with Crippen molar-refractivity contribution in [3.05, 3.63) is 18.0 Å². The van der Waals surface area contributed by atoms with Gasteiger partial charge in [-0.25, -0.2) is 0 Å². The summed E-state index contributed by atoms with van der Waals surface area (Å²) in [5.41, 5.74) is 6.96. The fraction of sp³-hybridized carbons (Fsp3) is 0.750. The number of hydrogen-bond donors (Lipinski definition) is 1. The summed E-state index contributed by atoms with van der Waals surface area (Å²) >= 11 is 0. The maximum atomic E-state index is 12.8. The normalized spacial score (nSPS) is 23.6. The van der Waals surface area contributed by atoms with E-state index in [1.54, 1.807) is 0 Å². The van der Waals surface area contributed by atoms with Crippen LogP contribution in [0.5, 0.6) is 0 Å². The van der Waals surface area contributed by atoms with E-state index in [9.17, 15) is 4.79 Å². The standard InChI is InChI=1S/C16H26N4O.2ClH/c1-13-10-18-20(11-13)14-6-5-9-19(12-14)15(21)16(17)7-3-2-4-8-16;;/h10-11,14H,2-9,12,17H2,1H3;2*1H. The fourth-order valence-electron chi connectivity index (χ4n) is 3.70. The van der Waals surface area contributed by atoms with Gasteiger partial charge in [0, 0.05) is 19.3 Å². The van der Waals surface area contributed by atoms with Gasteiger partial charge >= 0.3 is 0 Å². The van der Waals surface area contributed by atoms with Crippen molar-refractivity contribution in [1.29, 1.82) is 0 Å². The number of hydrogen-bond acceptors (Lipinski definition) is 3. The van der Waals surface area contributed by atoms with Gasteiger partial charge in [0.1, 0.15) is 0 Å². The van der Waals surface area contributed by atoms with Crippen LogP contribution in [0.4, 0.5) is 0 Å². The molecule has 0 aromatic carbocycles. The van der Waals surface area contributed by atoms with Crippen LogP contribution >= 0.6 is 24.8 Å². The van der Waals surface area contributed by atoms with E-state index in [0.717, 1.165) is 51.6 Å². The van der Waals surface area contributed by atoms with E-state index in [1.165, 1.54) is 12.0 Å². The lowest BCUT2D eigenvalue weighted by molar-refractivity contribution is -0.140. The van der Waals surface area contributed by atoms with Crippen molar-refractivity contribution in [2.45, 2.75) is 63.5 Å². The van der Waals surface area contributed by atoms with E-state index >= 15 is 0 Å². The topological polar surface area (TPSA) is 64.2 Å². The van der Waals surface area contributed by atoms with Crippen molar-refractivity contribution >= 4 is 30.7 Å². The van der Waals surface area contributed by atoms with Crippen LogP contribution in [-0.4, -0.2) is 39.2 Å². The van der Waals surface area contributed by atoms with Crippen LogP contribution in [0.3, 0.4) is 0 Å². The van der Waals surface area contributed by atoms with E-state index in [4.69, 9.17) is 5.73 Å². The van der Waals surface area contributed by atoms with Gasteiger partial charge in [0.25, 0.3) is 0 Å². The lowest BCUT2D eigenvalue weighted by atomic mass is 9.81. The number of rotatable bonds is 2. The second-order valence-corrected chi connectivity index (χ2v) is 6.76. The van der Waals surface area contributed by atoms with Crippen molar-refractivity contribution in [2.24, 2.45) is 5.73 Å². The highest BCUT2D eigenvalue weighted by molar-refractivity contribution is 5.86. The van der Waals surface area contributed by atoms with Crippen molar-refractivity contribution in [3.8, 4) is 0 Å². The fourth-order valence-corrected chi connectivity index (χ4v) is 3.70. The Kier molecular flexibility index (Phi) is 7.36. The first-order valence-electron chi connectivity index (χ1n) is 8.17. The molecule has 5 nitrogen and oxygen atoms in total. The van der Waals surface area contributed by atoms with E-state index in [0.29, 0.717) is 6.04 Å². The molecule has 2 fully saturated rings. The number of carbonyl (C=O) groups is 1. The van der Waals surface area contributed by atoms with E-state index in [2.05, 4.69) is 11.3 Å². The lowest BCUT2D eigenvalue weighted by Crippen LogP contribution is -2.58. The first kappa shape index (κ1) is 20.3. The number of nitrogens with two attached hydrogens (primary N) is 1. The molecule has 132 valence electrons. The quantitative estimate of drug-likeness (QED) is 0.879. The highest BCUT2D eigenvalue weighted by Gasteiger charge is 2.39. The summed E-state index contributed by atoms with van der Waals surface area (Å²) in [6, 6.07) is 0.295. The summed E-state index contributed by atoms with van der Waals surface area (Å²) in [4.78, 5) is 14.8. The van der Waals surface area contributed by atoms with Crippen molar-refractivity contribution in [3.63, 3.8) is 0 Å². The number of halogens is 2. The molecule has 1 unspecified atom stereocenters. The van der Waals surface area contributed by atoms with Gasteiger partial charge in [-0.05, 0) is 38.2 Å². The van der Waals surface area contributed by atoms with Crippen LogP contribution < -0.4 is 5.73 Å². The average Bonchev–Trinajstić information content (AvgIpc) is 2.94. The van der Waals surface area contributed by atoms with E-state index < -0.39 is 5.54 Å². The minimum atomic E-state index is -0.611. The minimum absolute atomic E-state index is 0. The Labute approximate surface area is 150 Å². The highest BCUT2D eigenvalue weighted by Crippen LogP contribution is 2.30. The third-order valence-electron chi connectivity index (χ3n) is 4.96. The van der Waals surface area contributed by atoms with Crippen LogP contribution in [0.2, 0.25) is 0 Å². The van der Waals surface area contributed by atoms with Gasteiger partial charge < -0.3 is 10.6 Å². The first-order valence-corrected chi connectivity index (χ1v) is 8.17. The summed E-state index contributed by atoms with van der Waals surface area (Å²) in [7, 11) is 0. The smallest absolute Gasteiger partial charge is 0.242 e. The molecule has 23 heavy (non-hydrogen) atoms. The van der Waals surface area contributed by atoms with Crippen molar-refractivity contribution in [2.75, 3.05) is 13.1 Å². The highest BCUT2D eigenvalue weighted by atomic mass is 35.5. The predicted molar refractivity (Wildman–Crippen MR) is 96.3 cm³/mol. The molecule has 7 heteroatoms. The van der Waals surface area contributed by atoms with Crippen LogP contribution in [0.15, 0.2) is 12.4 Å². The molecule has 0 radical (unpaired) electrons. The molecule has 1 saturated heterocycles. The third-order valence-corrected chi connectivity index (χ3v) is 4.96. The SMILES string of the molecule is Cc1cnn(C2CCCN(C(=O)C3(N)CCCCC3)C2)c1.Cl.Cl. The number of likely N-dealkylation sites (tertiary alicyclic amines) is 1. The molecule has 1 saturated carbocycles. The molecule has 0 bridgehead atoms. The van der Waals surface area contributed by atoms with Crippen LogP contribution in [0, 0.1) is 6.92 Å². The van der Waals surface area contributed by atoms with Gasteiger partial charge in [-0.15, -0.1) is 24.8 Å². The Hall–Kier alpha value is -0.780. The summed E-state index contributed by atoms with van der Waals surface area (Å²) in [5.74, 6) is 0.163. The maximum Gasteiger partial charge on any atom is 0.242 e. The Morgan fingerprint density at radius 3 is 2.57 bits per heavy atom. The molecule has 2 aliphatic rings. The molecular formula is C16H28Cl2N4O. The molecule has 1 aliphatic heterocycles. The van der Waals surface area contributed by atoms with Gasteiger partial charge in [0.2, 0.25) is 5.91 Å². The monoisotopic (exact) mass is 362 g/mol. The van der Waals surface area contributed by atoms with Gasteiger partial charge in [-0.3, -0.25) is 9.48 Å². The minimum Gasteiger partial charge on any atom is -0.339 e. The second-order valence-electron chi connectivity index (χ2n) is 6.76. The molecule has 1 atom stereocenters. The first-order chi connectivity index (χ1) is 10.1. The molecule has 1 amide bonds. The van der Waals surface area contributed by atoms with Gasteiger partial charge in [-0.1, -0.05) is 19.3 Å². The Bertz CT molecular complexity index is 514. The predicted octanol–water partition coefficient (Wildman–Crippen LogP) is 2.86. The van der Waals surface area contributed by atoms with Crippen LogP contribution in [0.1, 0.15) is 56.6 Å². The number of nitrogens with zero attached hydrogens (tertiary/aromatic N) is 3. The number of aryl methyl sites for hydroxylation is 1. The zero-order valence-corrected chi connectivity index (χ0v) is 15.4. The molecule has 2 N–H and O–H groups in total. The lowest BCUT2D eigenvalue weighted by Gasteiger charge is -2.40. The summed E-state index contributed by atoms with van der Waals surface area (Å²) < 4.78 is 2.01. The summed E-state index contributed by atoms with van der Waals surface area (Å²) in [6.07, 6.45) is 11.1. The Morgan fingerprint density at radius 2 is 1.96 bits per heavy atom. The van der Waals surface area contributed by atoms with Gasteiger partial charge in [-0.2, -0.15) is 5.10 Å². The average molecular weight is 363 g/mol. The van der Waals surface area contributed by atoms with E-state index in [-0.39, 0.29) is 30.7 Å². The van der Waals surface area contributed by atoms with Crippen molar-refractivity contribution in [1.82, 2.24) is 14.7 Å². The maximum absolute atomic E-state index is 12.8. The Morgan fingerprint density at radius 1 is 1.26 bits per heavy atom. The van der Waals surface area contributed by atoms with Crippen molar-refractivity contribution < 1.29 is 4.79 Å². The zero-order chi connectivity index (χ0) is 14.9. The van der Waals surface area contributed by atoms with Crippen LogP contribution in [-0.2, 0) is 4.79 Å². The third kappa shape index (κ3) is 4.40. The Balaban J connectivity index is 0.00000132. The van der Waals surface area contributed by atoms with E-state index in [1.807, 2.05) is 22.7 Å². The molecular weight excluding hydrogens is 335 g/mol. The number of piperidine rings is 1. The van der Waals surface area contributed by atoms with Gasteiger partial charge in [0.15, 0.2) is 0 Å². The molecule has 0 spiro atoms. The summed E-state index contributed by atoms with van der Waals surface area (Å²) in [6.45, 7) is 3.64. The molecule has 3 rings (SSSR count). The molecule has 1 aliphatic carbocycles. The number of aromatic nitrogens is 2. The number of amides is 1. The zero-order valence-electron chi connectivity index (χ0n) is 13.7. The molecule has 1 aromatic heterocycles. The van der Waals surface area contributed by atoms with Crippen LogP contribution in [0.25, 0.3) is 0 Å². The number of carbonyl (C=O) groups excluding carboxylic acids is 1. The largest absolute Gasteiger partial charge is 0.339 e. The second kappa shape index (κ2) is 8.36. The van der Waals surface area contributed by atoms with Gasteiger partial charge in [0.05, 0.1) is 17.8 Å².